The van der Waals surface area contributed by atoms with Gasteiger partial charge >= 0.3 is 6.03 Å². The molecule has 0 spiro atoms. The van der Waals surface area contributed by atoms with Crippen molar-refractivity contribution in [3.63, 3.8) is 0 Å². The number of nitrogens with one attached hydrogen (secondary N) is 2. The highest BCUT2D eigenvalue weighted by Crippen LogP contribution is 2.30. The van der Waals surface area contributed by atoms with E-state index >= 15 is 0 Å². The molecule has 1 aliphatic rings. The summed E-state index contributed by atoms with van der Waals surface area (Å²) >= 11 is 0. The summed E-state index contributed by atoms with van der Waals surface area (Å²) in [4.78, 5) is 18.9. The van der Waals surface area contributed by atoms with E-state index in [-0.39, 0.29) is 12.1 Å². The minimum absolute atomic E-state index is 0.0433. The summed E-state index contributed by atoms with van der Waals surface area (Å²) in [5, 5.41) is 10.1. The van der Waals surface area contributed by atoms with Gasteiger partial charge in [0.2, 0.25) is 0 Å². The van der Waals surface area contributed by atoms with Gasteiger partial charge in [-0.1, -0.05) is 31.9 Å². The lowest BCUT2D eigenvalue weighted by Gasteiger charge is -2.23. The minimum atomic E-state index is -0.0799. The first-order valence-electron chi connectivity index (χ1n) is 9.23. The molecule has 1 atom stereocenters. The number of aromatic amines is 1. The van der Waals surface area contributed by atoms with Crippen molar-refractivity contribution in [2.45, 2.75) is 58.4 Å². The zero-order valence-corrected chi connectivity index (χ0v) is 15.1. The molecule has 2 aromatic rings. The molecule has 25 heavy (non-hydrogen) atoms. The molecule has 3 rings (SSSR count). The lowest BCUT2D eigenvalue weighted by molar-refractivity contribution is 0.205. The van der Waals surface area contributed by atoms with Crippen molar-refractivity contribution in [3.05, 3.63) is 41.5 Å². The monoisotopic (exact) mass is 341 g/mol. The second-order valence-electron chi connectivity index (χ2n) is 6.71. The molecule has 0 unspecified atom stereocenters. The zero-order valence-electron chi connectivity index (χ0n) is 15.1. The molecule has 2 N–H and O–H groups in total. The van der Waals surface area contributed by atoms with Crippen LogP contribution in [0, 0.1) is 6.92 Å². The predicted molar refractivity (Wildman–Crippen MR) is 98.5 cm³/mol. The van der Waals surface area contributed by atoms with Crippen molar-refractivity contribution >= 4 is 11.7 Å². The smallest absolute Gasteiger partial charge is 0.314 e. The van der Waals surface area contributed by atoms with Crippen LogP contribution in [0.25, 0.3) is 0 Å². The van der Waals surface area contributed by atoms with Crippen LogP contribution in [0.1, 0.15) is 62.3 Å². The number of benzene rings is 1. The Kier molecular flexibility index (Phi) is 5.68. The number of rotatable bonds is 6. The lowest BCUT2D eigenvalue weighted by Crippen LogP contribution is -2.34. The number of H-pyrrole nitrogens is 1. The lowest BCUT2D eigenvalue weighted by atomic mass is 10.1. The minimum Gasteiger partial charge on any atom is -0.314 e. The summed E-state index contributed by atoms with van der Waals surface area (Å²) in [7, 11) is 0. The summed E-state index contributed by atoms with van der Waals surface area (Å²) in [6.07, 6.45) is 6.68. The van der Waals surface area contributed by atoms with Crippen molar-refractivity contribution in [1.29, 1.82) is 0 Å². The Morgan fingerprint density at radius 2 is 2.12 bits per heavy atom. The van der Waals surface area contributed by atoms with Gasteiger partial charge in [0, 0.05) is 12.2 Å². The van der Waals surface area contributed by atoms with Gasteiger partial charge in [-0.15, -0.1) is 0 Å². The van der Waals surface area contributed by atoms with E-state index < -0.39 is 0 Å². The molecule has 0 saturated carbocycles. The highest BCUT2D eigenvalue weighted by atomic mass is 16.2. The van der Waals surface area contributed by atoms with Crippen LogP contribution in [0.4, 0.5) is 10.5 Å². The SMILES string of the molecule is CCCCCc1ccc(NC(=O)N2CCC[C@@H]2c2n[nH]c(C)n2)cc1. The molecule has 6 heteroatoms. The van der Waals surface area contributed by atoms with Gasteiger partial charge in [-0.25, -0.2) is 9.78 Å². The number of likely N-dealkylation sites (tertiary alicyclic amines) is 1. The van der Waals surface area contributed by atoms with E-state index in [4.69, 9.17) is 0 Å². The molecule has 0 bridgehead atoms. The zero-order chi connectivity index (χ0) is 17.6. The molecule has 0 aliphatic carbocycles. The average molecular weight is 341 g/mol. The Balaban J connectivity index is 1.59. The number of hydrogen-bond donors (Lipinski definition) is 2. The largest absolute Gasteiger partial charge is 0.322 e. The van der Waals surface area contributed by atoms with Crippen LogP contribution in [0.5, 0.6) is 0 Å². The number of amides is 2. The molecule has 1 saturated heterocycles. The van der Waals surface area contributed by atoms with E-state index in [1.165, 1.54) is 24.8 Å². The summed E-state index contributed by atoms with van der Waals surface area (Å²) in [5.41, 5.74) is 2.16. The Hall–Kier alpha value is -2.37. The van der Waals surface area contributed by atoms with Gasteiger partial charge in [0.25, 0.3) is 0 Å². The van der Waals surface area contributed by atoms with Gasteiger partial charge < -0.3 is 10.2 Å². The number of anilines is 1. The molecule has 2 heterocycles. The highest BCUT2D eigenvalue weighted by Gasteiger charge is 2.32. The number of carbonyl (C=O) groups excluding carboxylic acids is 1. The second-order valence-corrected chi connectivity index (χ2v) is 6.71. The number of nitrogens with zero attached hydrogens (tertiary/aromatic N) is 3. The standard InChI is InChI=1S/C19H27N5O/c1-3-4-5-7-15-9-11-16(12-10-15)21-19(25)24-13-6-8-17(24)18-20-14(2)22-23-18/h9-12,17H,3-8,13H2,1-2H3,(H,21,25)(H,20,22,23)/t17-/m1/s1. The fraction of sp³-hybridized carbons (Fsp3) is 0.526. The molecule has 0 radical (unpaired) electrons. The molecule has 1 aliphatic heterocycles. The third kappa shape index (κ3) is 4.38. The summed E-state index contributed by atoms with van der Waals surface area (Å²) in [6, 6.07) is 8.06. The normalized spacial score (nSPS) is 17.0. The Labute approximate surface area is 149 Å². The number of aryl methyl sites for hydroxylation is 2. The maximum absolute atomic E-state index is 12.7. The van der Waals surface area contributed by atoms with Crippen molar-refractivity contribution in [2.75, 3.05) is 11.9 Å². The number of urea groups is 1. The van der Waals surface area contributed by atoms with Gasteiger partial charge in [0.15, 0.2) is 5.82 Å². The molecule has 2 amide bonds. The summed E-state index contributed by atoms with van der Waals surface area (Å²) in [6.45, 7) is 4.82. The van der Waals surface area contributed by atoms with Crippen LogP contribution in [0.2, 0.25) is 0 Å². The van der Waals surface area contributed by atoms with Gasteiger partial charge in [-0.3, -0.25) is 5.10 Å². The third-order valence-electron chi connectivity index (χ3n) is 4.70. The van der Waals surface area contributed by atoms with E-state index in [0.29, 0.717) is 5.82 Å². The Morgan fingerprint density at radius 1 is 1.32 bits per heavy atom. The topological polar surface area (TPSA) is 73.9 Å². The molecule has 1 fully saturated rings. The second kappa shape index (κ2) is 8.14. The van der Waals surface area contributed by atoms with E-state index in [0.717, 1.165) is 37.3 Å². The van der Waals surface area contributed by atoms with Crippen molar-refractivity contribution in [1.82, 2.24) is 20.1 Å². The van der Waals surface area contributed by atoms with Crippen molar-refractivity contribution < 1.29 is 4.79 Å². The summed E-state index contributed by atoms with van der Waals surface area (Å²) < 4.78 is 0. The molecule has 1 aromatic heterocycles. The van der Waals surface area contributed by atoms with Crippen molar-refractivity contribution in [3.8, 4) is 0 Å². The third-order valence-corrected chi connectivity index (χ3v) is 4.70. The molecule has 134 valence electrons. The fourth-order valence-corrected chi connectivity index (χ4v) is 3.32. The number of hydrogen-bond acceptors (Lipinski definition) is 3. The van der Waals surface area contributed by atoms with E-state index in [9.17, 15) is 4.79 Å². The van der Waals surface area contributed by atoms with Crippen LogP contribution in [-0.4, -0.2) is 32.7 Å². The van der Waals surface area contributed by atoms with E-state index in [2.05, 4.69) is 39.6 Å². The fourth-order valence-electron chi connectivity index (χ4n) is 3.32. The summed E-state index contributed by atoms with van der Waals surface area (Å²) in [5.74, 6) is 1.48. The Morgan fingerprint density at radius 3 is 2.80 bits per heavy atom. The van der Waals surface area contributed by atoms with E-state index in [1.807, 2.05) is 24.0 Å². The van der Waals surface area contributed by atoms with Crippen LogP contribution >= 0.6 is 0 Å². The van der Waals surface area contributed by atoms with Gasteiger partial charge in [0.1, 0.15) is 5.82 Å². The quantitative estimate of drug-likeness (QED) is 0.773. The van der Waals surface area contributed by atoms with Crippen LogP contribution in [0.3, 0.4) is 0 Å². The average Bonchev–Trinajstić information content (AvgIpc) is 3.25. The van der Waals surface area contributed by atoms with Crippen LogP contribution in [-0.2, 0) is 6.42 Å². The van der Waals surface area contributed by atoms with Crippen LogP contribution in [0.15, 0.2) is 24.3 Å². The predicted octanol–water partition coefficient (Wildman–Crippen LogP) is 4.21. The molecular formula is C19H27N5O. The van der Waals surface area contributed by atoms with Crippen molar-refractivity contribution in [2.24, 2.45) is 0 Å². The first-order chi connectivity index (χ1) is 12.2. The molecule has 1 aromatic carbocycles. The van der Waals surface area contributed by atoms with Crippen LogP contribution < -0.4 is 5.32 Å². The van der Waals surface area contributed by atoms with Gasteiger partial charge in [-0.2, -0.15) is 5.10 Å². The first-order valence-corrected chi connectivity index (χ1v) is 9.23. The van der Waals surface area contributed by atoms with Gasteiger partial charge in [0.05, 0.1) is 6.04 Å². The molecule has 6 nitrogen and oxygen atoms in total. The maximum Gasteiger partial charge on any atom is 0.322 e. The molecular weight excluding hydrogens is 314 g/mol. The van der Waals surface area contributed by atoms with E-state index in [1.54, 1.807) is 0 Å². The number of unbranched alkanes of at least 4 members (excludes halogenated alkanes) is 2. The first kappa shape index (κ1) is 17.5. The maximum atomic E-state index is 12.7. The number of aromatic nitrogens is 3. The highest BCUT2D eigenvalue weighted by molar-refractivity contribution is 5.89. The number of carbonyl (C=O) groups is 1. The van der Waals surface area contributed by atoms with Gasteiger partial charge in [-0.05, 0) is 50.3 Å². The Bertz CT molecular complexity index is 694.